The van der Waals surface area contributed by atoms with Gasteiger partial charge >= 0.3 is 0 Å². The van der Waals surface area contributed by atoms with Crippen LogP contribution in [0, 0.1) is 5.92 Å². The minimum atomic E-state index is -0.156. The van der Waals surface area contributed by atoms with Gasteiger partial charge in [-0.25, -0.2) is 0 Å². The Kier molecular flexibility index (Phi) is 6.39. The van der Waals surface area contributed by atoms with Crippen molar-refractivity contribution in [2.75, 3.05) is 13.6 Å². The third-order valence-electron chi connectivity index (χ3n) is 3.25. The number of hydrogen-bond donors (Lipinski definition) is 3. The van der Waals surface area contributed by atoms with E-state index in [-0.39, 0.29) is 29.8 Å². The molecule has 0 radical (unpaired) electrons. The molecule has 21 heavy (non-hydrogen) atoms. The summed E-state index contributed by atoms with van der Waals surface area (Å²) in [5, 5.41) is 6.79. The fraction of sp³-hybridized carbons (Fsp3) is 0.333. The largest absolute Gasteiger partial charge is 0.352 e. The first kappa shape index (κ1) is 17.2. The molecule has 1 aromatic carbocycles. The van der Waals surface area contributed by atoms with Crippen molar-refractivity contribution in [1.29, 1.82) is 0 Å². The third-order valence-corrected chi connectivity index (χ3v) is 3.25. The van der Waals surface area contributed by atoms with E-state index >= 15 is 0 Å². The molecule has 1 aromatic heterocycles. The second-order valence-electron chi connectivity index (χ2n) is 4.88. The molecule has 1 atom stereocenters. The van der Waals surface area contributed by atoms with E-state index in [0.717, 1.165) is 16.5 Å². The number of carbonyl (C=O) groups is 1. The molecule has 0 fully saturated rings. The number of nitrogens with one attached hydrogen (secondary N) is 3. The maximum absolute atomic E-state index is 11.9. The van der Waals surface area contributed by atoms with Gasteiger partial charge in [-0.05, 0) is 18.7 Å². The zero-order valence-corrected chi connectivity index (χ0v) is 12.9. The Morgan fingerprint density at radius 2 is 2.05 bits per heavy atom. The van der Waals surface area contributed by atoms with E-state index in [1.807, 2.05) is 38.2 Å². The number of pyridine rings is 1. The summed E-state index contributed by atoms with van der Waals surface area (Å²) in [5.74, 6) is -0.128. The second kappa shape index (κ2) is 7.81. The Labute approximate surface area is 129 Å². The third kappa shape index (κ3) is 4.31. The highest BCUT2D eigenvalue weighted by atomic mass is 35.5. The lowest BCUT2D eigenvalue weighted by molar-refractivity contribution is -0.124. The molecule has 2 aromatic rings. The summed E-state index contributed by atoms with van der Waals surface area (Å²) in [5.41, 5.74) is 1.46. The van der Waals surface area contributed by atoms with Crippen LogP contribution >= 0.6 is 12.4 Å². The van der Waals surface area contributed by atoms with Gasteiger partial charge in [0.1, 0.15) is 0 Å². The van der Waals surface area contributed by atoms with Gasteiger partial charge in [-0.1, -0.05) is 25.1 Å². The standard InChI is InChI=1S/C15H19N3O2.ClH/c1-10(8-16-2)15(20)17-9-11-7-14(19)18-13-6-4-3-5-12(11)13;/h3-7,10,16H,8-9H2,1-2H3,(H,17,20)(H,18,19);1H. The summed E-state index contributed by atoms with van der Waals surface area (Å²) in [6.07, 6.45) is 0. The zero-order valence-electron chi connectivity index (χ0n) is 12.1. The first-order valence-corrected chi connectivity index (χ1v) is 6.65. The van der Waals surface area contributed by atoms with Crippen molar-refractivity contribution in [3.63, 3.8) is 0 Å². The summed E-state index contributed by atoms with van der Waals surface area (Å²) < 4.78 is 0. The fourth-order valence-corrected chi connectivity index (χ4v) is 2.18. The number of carbonyl (C=O) groups excluding carboxylic acids is 1. The van der Waals surface area contributed by atoms with Crippen LogP contribution in [0.25, 0.3) is 10.9 Å². The quantitative estimate of drug-likeness (QED) is 0.782. The summed E-state index contributed by atoms with van der Waals surface area (Å²) >= 11 is 0. The van der Waals surface area contributed by atoms with Crippen LogP contribution in [0.1, 0.15) is 12.5 Å². The molecular formula is C15H20ClN3O2. The van der Waals surface area contributed by atoms with Gasteiger partial charge in [0.25, 0.3) is 0 Å². The number of fused-ring (bicyclic) bond motifs is 1. The predicted octanol–water partition coefficient (Wildman–Crippen LogP) is 1.42. The van der Waals surface area contributed by atoms with Crippen molar-refractivity contribution in [2.45, 2.75) is 13.5 Å². The van der Waals surface area contributed by atoms with E-state index in [4.69, 9.17) is 0 Å². The normalized spacial score (nSPS) is 11.7. The number of benzene rings is 1. The Balaban J connectivity index is 0.00000220. The summed E-state index contributed by atoms with van der Waals surface area (Å²) in [6, 6.07) is 9.10. The molecule has 0 bridgehead atoms. The number of amides is 1. The number of hydrogen-bond acceptors (Lipinski definition) is 3. The lowest BCUT2D eigenvalue weighted by atomic mass is 10.1. The van der Waals surface area contributed by atoms with Crippen LogP contribution < -0.4 is 16.2 Å². The summed E-state index contributed by atoms with van der Waals surface area (Å²) in [4.78, 5) is 26.3. The van der Waals surface area contributed by atoms with Gasteiger partial charge in [0.05, 0.1) is 0 Å². The number of aromatic nitrogens is 1. The van der Waals surface area contributed by atoms with E-state index in [0.29, 0.717) is 13.1 Å². The van der Waals surface area contributed by atoms with Crippen molar-refractivity contribution in [2.24, 2.45) is 5.92 Å². The van der Waals surface area contributed by atoms with Gasteiger partial charge in [-0.3, -0.25) is 9.59 Å². The van der Waals surface area contributed by atoms with Crippen LogP contribution in [0.2, 0.25) is 0 Å². The van der Waals surface area contributed by atoms with Crippen LogP contribution in [-0.2, 0) is 11.3 Å². The topological polar surface area (TPSA) is 74.0 Å². The molecule has 0 spiro atoms. The van der Waals surface area contributed by atoms with Crippen LogP contribution in [0.3, 0.4) is 0 Å². The Hall–Kier alpha value is -1.85. The maximum Gasteiger partial charge on any atom is 0.248 e. The second-order valence-corrected chi connectivity index (χ2v) is 4.88. The molecule has 0 saturated carbocycles. The lowest BCUT2D eigenvalue weighted by Gasteiger charge is -2.12. The SMILES string of the molecule is CNCC(C)C(=O)NCc1cc(=O)[nH]c2ccccc12.Cl. The maximum atomic E-state index is 11.9. The average Bonchev–Trinajstić information content (AvgIpc) is 2.44. The fourth-order valence-electron chi connectivity index (χ4n) is 2.18. The van der Waals surface area contributed by atoms with Crippen LogP contribution in [0.4, 0.5) is 0 Å². The molecule has 0 saturated heterocycles. The van der Waals surface area contributed by atoms with Gasteiger partial charge in [0.15, 0.2) is 0 Å². The van der Waals surface area contributed by atoms with Gasteiger partial charge in [0.2, 0.25) is 11.5 Å². The molecule has 0 aliphatic heterocycles. The first-order chi connectivity index (χ1) is 9.61. The number of aromatic amines is 1. The molecule has 0 aliphatic rings. The number of H-pyrrole nitrogens is 1. The molecule has 0 aliphatic carbocycles. The van der Waals surface area contributed by atoms with Gasteiger partial charge < -0.3 is 15.6 Å². The van der Waals surface area contributed by atoms with Crippen molar-refractivity contribution in [3.8, 4) is 0 Å². The van der Waals surface area contributed by atoms with Crippen LogP contribution in [0.5, 0.6) is 0 Å². The van der Waals surface area contributed by atoms with E-state index < -0.39 is 0 Å². The van der Waals surface area contributed by atoms with E-state index in [9.17, 15) is 9.59 Å². The molecule has 2 rings (SSSR count). The van der Waals surface area contributed by atoms with Crippen molar-refractivity contribution >= 4 is 29.2 Å². The van der Waals surface area contributed by atoms with Crippen LogP contribution in [0.15, 0.2) is 35.1 Å². The van der Waals surface area contributed by atoms with E-state index in [1.54, 1.807) is 0 Å². The summed E-state index contributed by atoms with van der Waals surface area (Å²) in [7, 11) is 1.81. The van der Waals surface area contributed by atoms with Gasteiger partial charge in [-0.15, -0.1) is 12.4 Å². The Morgan fingerprint density at radius 1 is 1.33 bits per heavy atom. The highest BCUT2D eigenvalue weighted by Crippen LogP contribution is 2.14. The van der Waals surface area contributed by atoms with Crippen molar-refractivity contribution < 1.29 is 4.79 Å². The zero-order chi connectivity index (χ0) is 14.5. The Morgan fingerprint density at radius 3 is 2.76 bits per heavy atom. The average molecular weight is 310 g/mol. The number of rotatable bonds is 5. The predicted molar refractivity (Wildman–Crippen MR) is 86.8 cm³/mol. The Bertz CT molecular complexity index is 669. The number of halogens is 1. The molecule has 3 N–H and O–H groups in total. The highest BCUT2D eigenvalue weighted by Gasteiger charge is 2.12. The monoisotopic (exact) mass is 309 g/mol. The minimum absolute atomic E-state index is 0. The lowest BCUT2D eigenvalue weighted by Crippen LogP contribution is -2.34. The van der Waals surface area contributed by atoms with Crippen LogP contribution in [-0.4, -0.2) is 24.5 Å². The molecular weight excluding hydrogens is 290 g/mol. The first-order valence-electron chi connectivity index (χ1n) is 6.65. The molecule has 114 valence electrons. The van der Waals surface area contributed by atoms with E-state index in [2.05, 4.69) is 15.6 Å². The minimum Gasteiger partial charge on any atom is -0.352 e. The number of para-hydroxylation sites is 1. The molecule has 1 heterocycles. The molecule has 1 unspecified atom stereocenters. The summed E-state index contributed by atoms with van der Waals surface area (Å²) in [6.45, 7) is 2.85. The van der Waals surface area contributed by atoms with Crippen molar-refractivity contribution in [1.82, 2.24) is 15.6 Å². The van der Waals surface area contributed by atoms with Gasteiger partial charge in [-0.2, -0.15) is 0 Å². The molecule has 1 amide bonds. The smallest absolute Gasteiger partial charge is 0.248 e. The van der Waals surface area contributed by atoms with Gasteiger partial charge in [0, 0.05) is 36.0 Å². The molecule has 6 heteroatoms. The highest BCUT2D eigenvalue weighted by molar-refractivity contribution is 5.85. The molecule has 5 nitrogen and oxygen atoms in total. The van der Waals surface area contributed by atoms with Crippen molar-refractivity contribution in [3.05, 3.63) is 46.2 Å². The van der Waals surface area contributed by atoms with E-state index in [1.165, 1.54) is 6.07 Å².